The van der Waals surface area contributed by atoms with Crippen LogP contribution in [-0.4, -0.2) is 38.7 Å². The first-order valence-electron chi connectivity index (χ1n) is 6.28. The van der Waals surface area contributed by atoms with Crippen LogP contribution in [-0.2, 0) is 6.54 Å². The van der Waals surface area contributed by atoms with E-state index < -0.39 is 0 Å². The molecule has 0 aliphatic rings. The zero-order chi connectivity index (χ0) is 12.5. The molecule has 1 aromatic carbocycles. The highest BCUT2D eigenvalue weighted by Gasteiger charge is 2.00. The molecule has 1 rings (SSSR count). The van der Waals surface area contributed by atoms with Gasteiger partial charge in [0.2, 0.25) is 0 Å². The van der Waals surface area contributed by atoms with E-state index in [1.165, 1.54) is 12.0 Å². The molecule has 17 heavy (non-hydrogen) atoms. The second-order valence-corrected chi connectivity index (χ2v) is 4.34. The highest BCUT2D eigenvalue weighted by molar-refractivity contribution is 5.26. The number of hydrogen-bond donors (Lipinski definition) is 1. The molecule has 0 atom stereocenters. The summed E-state index contributed by atoms with van der Waals surface area (Å²) in [6.07, 6.45) is 1.20. The van der Waals surface area contributed by atoms with Gasteiger partial charge < -0.3 is 15.0 Å². The molecule has 0 aromatic heterocycles. The SMILES string of the molecule is CCCNCCN(C)Cc1ccc(OC)cc1. The van der Waals surface area contributed by atoms with Crippen LogP contribution in [0.25, 0.3) is 0 Å². The van der Waals surface area contributed by atoms with Crippen LogP contribution < -0.4 is 10.1 Å². The molecule has 3 nitrogen and oxygen atoms in total. The van der Waals surface area contributed by atoms with Gasteiger partial charge in [0.15, 0.2) is 0 Å². The molecule has 0 spiro atoms. The van der Waals surface area contributed by atoms with Gasteiger partial charge in [0.05, 0.1) is 7.11 Å². The van der Waals surface area contributed by atoms with E-state index in [2.05, 4.69) is 36.3 Å². The Morgan fingerprint density at radius 2 is 1.88 bits per heavy atom. The second kappa shape index (κ2) is 8.09. The van der Waals surface area contributed by atoms with Gasteiger partial charge in [-0.1, -0.05) is 19.1 Å². The van der Waals surface area contributed by atoms with E-state index in [0.29, 0.717) is 0 Å². The van der Waals surface area contributed by atoms with Crippen LogP contribution in [0.1, 0.15) is 18.9 Å². The van der Waals surface area contributed by atoms with Crippen LogP contribution in [0.4, 0.5) is 0 Å². The molecule has 0 heterocycles. The summed E-state index contributed by atoms with van der Waals surface area (Å²) in [5.74, 6) is 0.918. The Balaban J connectivity index is 2.26. The first kappa shape index (κ1) is 14.0. The van der Waals surface area contributed by atoms with E-state index >= 15 is 0 Å². The van der Waals surface area contributed by atoms with E-state index in [0.717, 1.165) is 31.9 Å². The number of rotatable bonds is 8. The smallest absolute Gasteiger partial charge is 0.118 e. The minimum absolute atomic E-state index is 0.918. The Morgan fingerprint density at radius 3 is 2.47 bits per heavy atom. The zero-order valence-corrected chi connectivity index (χ0v) is 11.2. The van der Waals surface area contributed by atoms with Crippen molar-refractivity contribution in [3.63, 3.8) is 0 Å². The van der Waals surface area contributed by atoms with Crippen molar-refractivity contribution >= 4 is 0 Å². The lowest BCUT2D eigenvalue weighted by Crippen LogP contribution is -2.29. The van der Waals surface area contributed by atoms with Gasteiger partial charge in [0.1, 0.15) is 5.75 Å². The highest BCUT2D eigenvalue weighted by Crippen LogP contribution is 2.12. The Bertz CT molecular complexity index is 298. The van der Waals surface area contributed by atoms with Crippen molar-refractivity contribution in [2.24, 2.45) is 0 Å². The lowest BCUT2D eigenvalue weighted by molar-refractivity contribution is 0.324. The third-order valence-corrected chi connectivity index (χ3v) is 2.71. The van der Waals surface area contributed by atoms with Crippen molar-refractivity contribution in [1.29, 1.82) is 0 Å². The van der Waals surface area contributed by atoms with Crippen molar-refractivity contribution < 1.29 is 4.74 Å². The molecular formula is C14H24N2O. The lowest BCUT2D eigenvalue weighted by Gasteiger charge is -2.17. The molecule has 0 unspecified atom stereocenters. The Labute approximate surface area is 105 Å². The van der Waals surface area contributed by atoms with Crippen molar-refractivity contribution in [2.75, 3.05) is 33.8 Å². The van der Waals surface area contributed by atoms with E-state index in [9.17, 15) is 0 Å². The highest BCUT2D eigenvalue weighted by atomic mass is 16.5. The summed E-state index contributed by atoms with van der Waals surface area (Å²) in [5, 5.41) is 3.41. The van der Waals surface area contributed by atoms with Gasteiger partial charge >= 0.3 is 0 Å². The Hall–Kier alpha value is -1.06. The number of methoxy groups -OCH3 is 1. The summed E-state index contributed by atoms with van der Waals surface area (Å²) in [6.45, 7) is 6.41. The van der Waals surface area contributed by atoms with E-state index in [1.807, 2.05) is 12.1 Å². The fourth-order valence-corrected chi connectivity index (χ4v) is 1.69. The molecule has 0 aliphatic carbocycles. The van der Waals surface area contributed by atoms with Gasteiger partial charge in [-0.3, -0.25) is 0 Å². The Kier molecular flexibility index (Phi) is 6.67. The molecule has 0 saturated heterocycles. The average molecular weight is 236 g/mol. The van der Waals surface area contributed by atoms with Crippen molar-refractivity contribution in [1.82, 2.24) is 10.2 Å². The summed E-state index contributed by atoms with van der Waals surface area (Å²) >= 11 is 0. The van der Waals surface area contributed by atoms with Crippen molar-refractivity contribution in [2.45, 2.75) is 19.9 Å². The lowest BCUT2D eigenvalue weighted by atomic mass is 10.2. The molecule has 0 amide bonds. The molecule has 96 valence electrons. The summed E-state index contributed by atoms with van der Waals surface area (Å²) in [5.41, 5.74) is 1.32. The third-order valence-electron chi connectivity index (χ3n) is 2.71. The predicted molar refractivity (Wildman–Crippen MR) is 72.5 cm³/mol. The monoisotopic (exact) mass is 236 g/mol. The second-order valence-electron chi connectivity index (χ2n) is 4.34. The van der Waals surface area contributed by atoms with E-state index in [4.69, 9.17) is 4.74 Å². The van der Waals surface area contributed by atoms with Crippen LogP contribution in [0.3, 0.4) is 0 Å². The molecule has 1 N–H and O–H groups in total. The average Bonchev–Trinajstić information content (AvgIpc) is 2.36. The van der Waals surface area contributed by atoms with Crippen LogP contribution >= 0.6 is 0 Å². The van der Waals surface area contributed by atoms with Crippen LogP contribution in [0.2, 0.25) is 0 Å². The maximum atomic E-state index is 5.14. The maximum absolute atomic E-state index is 5.14. The minimum atomic E-state index is 0.918. The first-order valence-corrected chi connectivity index (χ1v) is 6.28. The molecule has 1 aromatic rings. The van der Waals surface area contributed by atoms with Crippen LogP contribution in [0.15, 0.2) is 24.3 Å². The predicted octanol–water partition coefficient (Wildman–Crippen LogP) is 2.13. The van der Waals surface area contributed by atoms with Gasteiger partial charge in [-0.15, -0.1) is 0 Å². The topological polar surface area (TPSA) is 24.5 Å². The summed E-state index contributed by atoms with van der Waals surface area (Å²) in [7, 11) is 3.85. The molecule has 3 heteroatoms. The first-order chi connectivity index (χ1) is 8.26. The third kappa shape index (κ3) is 5.71. The van der Waals surface area contributed by atoms with Crippen LogP contribution in [0.5, 0.6) is 5.75 Å². The largest absolute Gasteiger partial charge is 0.497 e. The number of likely N-dealkylation sites (N-methyl/N-ethyl adjacent to an activating group) is 1. The Morgan fingerprint density at radius 1 is 1.18 bits per heavy atom. The quantitative estimate of drug-likeness (QED) is 0.700. The number of benzene rings is 1. The number of nitrogens with one attached hydrogen (secondary N) is 1. The normalized spacial score (nSPS) is 10.8. The van der Waals surface area contributed by atoms with E-state index in [-0.39, 0.29) is 0 Å². The molecule has 0 aliphatic heterocycles. The van der Waals surface area contributed by atoms with Crippen molar-refractivity contribution in [3.8, 4) is 5.75 Å². The maximum Gasteiger partial charge on any atom is 0.118 e. The number of hydrogen-bond acceptors (Lipinski definition) is 3. The zero-order valence-electron chi connectivity index (χ0n) is 11.2. The fourth-order valence-electron chi connectivity index (χ4n) is 1.69. The molecule has 0 bridgehead atoms. The number of nitrogens with zero attached hydrogens (tertiary/aromatic N) is 1. The van der Waals surface area contributed by atoms with Crippen LogP contribution in [0, 0.1) is 0 Å². The van der Waals surface area contributed by atoms with Gasteiger partial charge in [0, 0.05) is 19.6 Å². The van der Waals surface area contributed by atoms with Crippen molar-refractivity contribution in [3.05, 3.63) is 29.8 Å². The van der Waals surface area contributed by atoms with Gasteiger partial charge in [-0.25, -0.2) is 0 Å². The van der Waals surface area contributed by atoms with Gasteiger partial charge in [-0.05, 0) is 37.7 Å². The van der Waals surface area contributed by atoms with Gasteiger partial charge in [-0.2, -0.15) is 0 Å². The number of ether oxygens (including phenoxy) is 1. The molecule has 0 radical (unpaired) electrons. The summed E-state index contributed by atoms with van der Waals surface area (Å²) < 4.78 is 5.14. The molecule has 0 saturated carbocycles. The summed E-state index contributed by atoms with van der Waals surface area (Å²) in [6, 6.07) is 8.26. The summed E-state index contributed by atoms with van der Waals surface area (Å²) in [4.78, 5) is 2.32. The molecule has 0 fully saturated rings. The minimum Gasteiger partial charge on any atom is -0.497 e. The fraction of sp³-hybridized carbons (Fsp3) is 0.571. The van der Waals surface area contributed by atoms with Gasteiger partial charge in [0.25, 0.3) is 0 Å². The standard InChI is InChI=1S/C14H24N2O/c1-4-9-15-10-11-16(2)12-13-5-7-14(17-3)8-6-13/h5-8,15H,4,9-12H2,1-3H3. The molecular weight excluding hydrogens is 212 g/mol. The van der Waals surface area contributed by atoms with E-state index in [1.54, 1.807) is 7.11 Å².